The number of hydrogen-bond donors (Lipinski definition) is 1. The maximum Gasteiger partial charge on any atom is 0.335 e. The quantitative estimate of drug-likeness (QED) is 0.704. The zero-order valence-electron chi connectivity index (χ0n) is 11.2. The van der Waals surface area contributed by atoms with Crippen LogP contribution < -0.4 is 5.69 Å². The van der Waals surface area contributed by atoms with Crippen LogP contribution in [0.5, 0.6) is 0 Å². The van der Waals surface area contributed by atoms with E-state index in [0.717, 1.165) is 4.57 Å². The molecule has 0 saturated heterocycles. The molecule has 0 saturated carbocycles. The van der Waals surface area contributed by atoms with Gasteiger partial charge in [0.2, 0.25) is 5.13 Å². The van der Waals surface area contributed by atoms with Crippen LogP contribution in [0.2, 0.25) is 5.02 Å². The predicted octanol–water partition coefficient (Wildman–Crippen LogP) is 2.35. The number of rotatable bonds is 3. The maximum absolute atomic E-state index is 12.7. The minimum atomic E-state index is -2.81. The number of alkyl halides is 2. The summed E-state index contributed by atoms with van der Waals surface area (Å²) < 4.78 is 48.1. The number of nitrogens with zero attached hydrogens (tertiary/aromatic N) is 4. The van der Waals surface area contributed by atoms with Gasteiger partial charge in [0.25, 0.3) is 6.43 Å². The van der Waals surface area contributed by atoms with E-state index in [4.69, 9.17) is 11.6 Å². The van der Waals surface area contributed by atoms with E-state index in [0.29, 0.717) is 16.9 Å². The summed E-state index contributed by atoms with van der Waals surface area (Å²) in [6, 6.07) is 2.54. The third-order valence-corrected chi connectivity index (χ3v) is 4.92. The summed E-state index contributed by atoms with van der Waals surface area (Å²) in [5.74, 6) is 0. The van der Waals surface area contributed by atoms with Crippen LogP contribution in [0.1, 0.15) is 11.4 Å². The monoisotopic (exact) mass is 380 g/mol. The number of fused-ring (bicyclic) bond motifs is 1. The van der Waals surface area contributed by atoms with Crippen LogP contribution in [0.25, 0.3) is 16.2 Å². The lowest BCUT2D eigenvalue weighted by molar-refractivity contribution is 0.150. The van der Waals surface area contributed by atoms with Gasteiger partial charge in [0, 0.05) is 7.05 Å². The Morgan fingerprint density at radius 3 is 2.65 bits per heavy atom. The Bertz CT molecular complexity index is 997. The van der Waals surface area contributed by atoms with Gasteiger partial charge in [-0.05, 0) is 12.1 Å². The molecule has 2 aromatic heterocycles. The van der Waals surface area contributed by atoms with Crippen molar-refractivity contribution in [2.75, 3.05) is 0 Å². The molecular formula is C11H7ClF2N4O3S2. The fourth-order valence-corrected chi connectivity index (χ4v) is 3.65. The molecule has 0 aliphatic heterocycles. The normalized spacial score (nSPS) is 13.1. The first-order valence-corrected chi connectivity index (χ1v) is 8.25. The number of benzene rings is 1. The maximum atomic E-state index is 12.7. The molecule has 3 rings (SSSR count). The second-order valence-corrected chi connectivity index (χ2v) is 6.79. The van der Waals surface area contributed by atoms with Crippen molar-refractivity contribution in [3.63, 3.8) is 0 Å². The highest BCUT2D eigenvalue weighted by atomic mass is 35.5. The highest BCUT2D eigenvalue weighted by Crippen LogP contribution is 2.30. The molecular weight excluding hydrogens is 374 g/mol. The van der Waals surface area contributed by atoms with Crippen molar-refractivity contribution < 1.29 is 17.5 Å². The second kappa shape index (κ2) is 5.74. The molecule has 1 unspecified atom stereocenters. The van der Waals surface area contributed by atoms with E-state index in [1.807, 2.05) is 0 Å². The number of aromatic nitrogens is 4. The van der Waals surface area contributed by atoms with Gasteiger partial charge in [0.15, 0.2) is 16.1 Å². The van der Waals surface area contributed by atoms with Gasteiger partial charge >= 0.3 is 5.69 Å². The molecule has 0 aliphatic rings. The van der Waals surface area contributed by atoms with E-state index in [1.165, 1.54) is 23.7 Å². The molecule has 2 heterocycles. The van der Waals surface area contributed by atoms with E-state index in [9.17, 15) is 22.3 Å². The molecule has 12 heteroatoms. The van der Waals surface area contributed by atoms with Gasteiger partial charge < -0.3 is 4.55 Å². The number of hydrogen-bond acceptors (Lipinski definition) is 5. The van der Waals surface area contributed by atoms with Gasteiger partial charge in [-0.15, -0.1) is 10.2 Å². The first kappa shape index (κ1) is 16.2. The Kier molecular flexibility index (Phi) is 4.04. The van der Waals surface area contributed by atoms with Gasteiger partial charge in [-0.2, -0.15) is 0 Å². The standard InChI is InChI=1S/C11H7ClF2N4O3S2/c1-17-7-5(12)2-4(23(20)21)3-6(7)18(11(17)19)10-16-15-9(22-10)8(13)14/h2-3,8H,1H3,(H,20,21). The van der Waals surface area contributed by atoms with Crippen molar-refractivity contribution in [3.8, 4) is 5.13 Å². The van der Waals surface area contributed by atoms with Gasteiger partial charge in [-0.1, -0.05) is 22.9 Å². The van der Waals surface area contributed by atoms with Crippen molar-refractivity contribution in [1.29, 1.82) is 0 Å². The Hall–Kier alpha value is -1.69. The van der Waals surface area contributed by atoms with Crippen LogP contribution >= 0.6 is 22.9 Å². The first-order valence-electron chi connectivity index (χ1n) is 5.95. The number of aryl methyl sites for hydroxylation is 1. The zero-order chi connectivity index (χ0) is 16.9. The van der Waals surface area contributed by atoms with E-state index in [-0.39, 0.29) is 20.6 Å². The molecule has 0 aliphatic carbocycles. The predicted molar refractivity (Wildman–Crippen MR) is 81.0 cm³/mol. The molecule has 0 spiro atoms. The Morgan fingerprint density at radius 1 is 1.39 bits per heavy atom. The van der Waals surface area contributed by atoms with Crippen LogP contribution in [0.15, 0.2) is 21.8 Å². The molecule has 0 bridgehead atoms. The van der Waals surface area contributed by atoms with Crippen LogP contribution in [0.3, 0.4) is 0 Å². The van der Waals surface area contributed by atoms with Gasteiger partial charge in [-0.25, -0.2) is 22.4 Å². The summed E-state index contributed by atoms with van der Waals surface area (Å²) in [5.41, 5.74) is -0.112. The molecule has 1 atom stereocenters. The Balaban J connectivity index is 2.37. The lowest BCUT2D eigenvalue weighted by Crippen LogP contribution is -2.20. The molecule has 3 aromatic rings. The molecule has 0 amide bonds. The Labute approximate surface area is 138 Å². The zero-order valence-corrected chi connectivity index (χ0v) is 13.6. The van der Waals surface area contributed by atoms with E-state index in [1.54, 1.807) is 0 Å². The minimum Gasteiger partial charge on any atom is -0.302 e. The highest BCUT2D eigenvalue weighted by molar-refractivity contribution is 7.79. The van der Waals surface area contributed by atoms with Crippen molar-refractivity contribution in [2.24, 2.45) is 7.05 Å². The number of halogens is 3. The van der Waals surface area contributed by atoms with E-state index >= 15 is 0 Å². The summed E-state index contributed by atoms with van der Waals surface area (Å²) in [7, 11) is 1.44. The largest absolute Gasteiger partial charge is 0.335 e. The van der Waals surface area contributed by atoms with Gasteiger partial charge in [0.05, 0.1) is 21.0 Å². The van der Waals surface area contributed by atoms with Crippen LogP contribution in [-0.4, -0.2) is 28.1 Å². The van der Waals surface area contributed by atoms with Crippen molar-refractivity contribution in [3.05, 3.63) is 32.6 Å². The third-order valence-electron chi connectivity index (χ3n) is 3.08. The smallest absolute Gasteiger partial charge is 0.302 e. The summed E-state index contributed by atoms with van der Waals surface area (Å²) in [4.78, 5) is 12.4. The van der Waals surface area contributed by atoms with Crippen LogP contribution in [-0.2, 0) is 18.1 Å². The lowest BCUT2D eigenvalue weighted by atomic mass is 10.3. The minimum absolute atomic E-state index is 0.0274. The summed E-state index contributed by atoms with van der Waals surface area (Å²) in [5, 5.41) is 6.40. The van der Waals surface area contributed by atoms with E-state index < -0.39 is 28.2 Å². The summed E-state index contributed by atoms with van der Waals surface area (Å²) in [6.45, 7) is 0. The average molecular weight is 381 g/mol. The van der Waals surface area contributed by atoms with Crippen molar-refractivity contribution in [1.82, 2.24) is 19.3 Å². The molecule has 1 N–H and O–H groups in total. The Morgan fingerprint density at radius 2 is 2.09 bits per heavy atom. The van der Waals surface area contributed by atoms with E-state index in [2.05, 4.69) is 10.2 Å². The second-order valence-electron chi connectivity index (χ2n) is 4.42. The fourth-order valence-electron chi connectivity index (χ4n) is 2.10. The lowest BCUT2D eigenvalue weighted by Gasteiger charge is -2.02. The SMILES string of the molecule is Cn1c(=O)n(-c2nnc(C(F)F)s2)c2cc(S(=O)O)cc(Cl)c21. The van der Waals surface area contributed by atoms with Gasteiger partial charge in [-0.3, -0.25) is 4.57 Å². The fraction of sp³-hybridized carbons (Fsp3) is 0.182. The molecule has 0 radical (unpaired) electrons. The van der Waals surface area contributed by atoms with Crippen molar-refractivity contribution in [2.45, 2.75) is 11.3 Å². The number of imidazole rings is 1. The topological polar surface area (TPSA) is 90.0 Å². The molecule has 23 heavy (non-hydrogen) atoms. The molecule has 122 valence electrons. The van der Waals surface area contributed by atoms with Gasteiger partial charge in [0.1, 0.15) is 0 Å². The average Bonchev–Trinajstić information content (AvgIpc) is 3.04. The molecule has 7 nitrogen and oxygen atoms in total. The van der Waals surface area contributed by atoms with Crippen LogP contribution in [0.4, 0.5) is 8.78 Å². The molecule has 1 aromatic carbocycles. The van der Waals surface area contributed by atoms with Crippen molar-refractivity contribution >= 4 is 45.1 Å². The van der Waals surface area contributed by atoms with Crippen LogP contribution in [0, 0.1) is 0 Å². The third kappa shape index (κ3) is 2.59. The molecule has 0 fully saturated rings. The highest BCUT2D eigenvalue weighted by Gasteiger charge is 2.22. The summed E-state index contributed by atoms with van der Waals surface area (Å²) >= 11 is 4.30. The first-order chi connectivity index (χ1) is 10.8. The summed E-state index contributed by atoms with van der Waals surface area (Å²) in [6.07, 6.45) is -2.81.